The van der Waals surface area contributed by atoms with Gasteiger partial charge in [-0.1, -0.05) is 0 Å². The fourth-order valence-corrected chi connectivity index (χ4v) is 2.26. The molecule has 0 bridgehead atoms. The number of ether oxygens (including phenoxy) is 2. The third-order valence-electron chi connectivity index (χ3n) is 2.29. The summed E-state index contributed by atoms with van der Waals surface area (Å²) >= 11 is 1.21. The number of Topliss-reactive ketones (excluding diaryl/α,β-unsaturated/α-hetero) is 1. The molecule has 0 aliphatic carbocycles. The normalized spacial score (nSPS) is 18.2. The summed E-state index contributed by atoms with van der Waals surface area (Å²) in [7, 11) is 0. The summed E-state index contributed by atoms with van der Waals surface area (Å²) in [6, 6.07) is 1.81. The number of carbonyl (C=O) groups is 1. The summed E-state index contributed by atoms with van der Waals surface area (Å²) in [6.45, 7) is 2.82. The highest BCUT2D eigenvalue weighted by Crippen LogP contribution is 2.31. The fraction of sp³-hybridized carbons (Fsp3) is 0.500. The Hall–Kier alpha value is -1.29. The summed E-state index contributed by atoms with van der Waals surface area (Å²) in [5, 5.41) is 10.5. The average molecular weight is 238 g/mol. The number of thiazole rings is 1. The van der Waals surface area contributed by atoms with Crippen molar-refractivity contribution in [2.45, 2.75) is 19.1 Å². The van der Waals surface area contributed by atoms with Crippen molar-refractivity contribution < 1.29 is 14.3 Å². The van der Waals surface area contributed by atoms with Crippen LogP contribution >= 0.6 is 11.3 Å². The summed E-state index contributed by atoms with van der Waals surface area (Å²) < 4.78 is 10.9. The van der Waals surface area contributed by atoms with Crippen molar-refractivity contribution in [2.75, 3.05) is 13.2 Å². The Bertz CT molecular complexity index is 443. The van der Waals surface area contributed by atoms with E-state index in [0.29, 0.717) is 23.9 Å². The molecule has 5 nitrogen and oxygen atoms in total. The first-order chi connectivity index (χ1) is 7.65. The minimum Gasteiger partial charge on any atom is -0.342 e. The SMILES string of the molecule is CC1(c2csc(C(=O)CC#N)n2)OCCO1. The first-order valence-electron chi connectivity index (χ1n) is 4.80. The molecule has 84 valence electrons. The van der Waals surface area contributed by atoms with Crippen LogP contribution in [0.2, 0.25) is 0 Å². The molecule has 0 saturated carbocycles. The van der Waals surface area contributed by atoms with Gasteiger partial charge in [-0.25, -0.2) is 4.98 Å². The van der Waals surface area contributed by atoms with Crippen LogP contribution in [0.4, 0.5) is 0 Å². The zero-order valence-electron chi connectivity index (χ0n) is 8.73. The quantitative estimate of drug-likeness (QED) is 0.745. The number of nitrogens with zero attached hydrogens (tertiary/aromatic N) is 2. The predicted molar refractivity (Wildman–Crippen MR) is 55.9 cm³/mol. The maximum atomic E-state index is 11.4. The Balaban J connectivity index is 2.19. The Labute approximate surface area is 96.6 Å². The number of hydrogen-bond acceptors (Lipinski definition) is 6. The molecule has 1 fully saturated rings. The lowest BCUT2D eigenvalue weighted by molar-refractivity contribution is -0.152. The smallest absolute Gasteiger partial charge is 0.210 e. The number of nitriles is 1. The fourth-order valence-electron chi connectivity index (χ4n) is 1.42. The maximum absolute atomic E-state index is 11.4. The number of ketones is 1. The summed E-state index contributed by atoms with van der Waals surface area (Å²) in [6.07, 6.45) is -0.147. The lowest BCUT2D eigenvalue weighted by Crippen LogP contribution is -2.23. The van der Waals surface area contributed by atoms with E-state index in [1.165, 1.54) is 11.3 Å². The van der Waals surface area contributed by atoms with E-state index in [9.17, 15) is 4.79 Å². The van der Waals surface area contributed by atoms with Gasteiger partial charge in [0.2, 0.25) is 11.6 Å². The highest BCUT2D eigenvalue weighted by Gasteiger charge is 2.36. The van der Waals surface area contributed by atoms with Crippen LogP contribution in [0.5, 0.6) is 0 Å². The lowest BCUT2D eigenvalue weighted by atomic mass is 10.2. The largest absolute Gasteiger partial charge is 0.342 e. The van der Waals surface area contributed by atoms with Gasteiger partial charge in [0, 0.05) is 5.38 Å². The first-order valence-corrected chi connectivity index (χ1v) is 5.68. The van der Waals surface area contributed by atoms with Gasteiger partial charge in [0.15, 0.2) is 5.01 Å². The third kappa shape index (κ3) is 1.97. The van der Waals surface area contributed by atoms with E-state index in [1.807, 2.05) is 6.07 Å². The minimum atomic E-state index is -0.846. The molecule has 0 unspecified atom stereocenters. The van der Waals surface area contributed by atoms with Gasteiger partial charge in [-0.05, 0) is 6.92 Å². The number of rotatable bonds is 3. The molecule has 2 heterocycles. The number of hydrogen-bond donors (Lipinski definition) is 0. The molecule has 16 heavy (non-hydrogen) atoms. The van der Waals surface area contributed by atoms with Crippen LogP contribution < -0.4 is 0 Å². The van der Waals surface area contributed by atoms with Crippen molar-refractivity contribution in [3.8, 4) is 6.07 Å². The van der Waals surface area contributed by atoms with Crippen LogP contribution in [0.1, 0.15) is 28.8 Å². The van der Waals surface area contributed by atoms with Gasteiger partial charge < -0.3 is 9.47 Å². The lowest BCUT2D eigenvalue weighted by Gasteiger charge is -2.19. The Morgan fingerprint density at radius 2 is 2.38 bits per heavy atom. The van der Waals surface area contributed by atoms with Crippen molar-refractivity contribution in [3.05, 3.63) is 16.1 Å². The van der Waals surface area contributed by atoms with Gasteiger partial charge in [-0.2, -0.15) is 5.26 Å². The van der Waals surface area contributed by atoms with Gasteiger partial charge in [0.05, 0.1) is 19.3 Å². The summed E-state index contributed by atoms with van der Waals surface area (Å²) in [5.41, 5.74) is 0.594. The molecule has 1 aliphatic rings. The molecule has 1 aliphatic heterocycles. The van der Waals surface area contributed by atoms with Crippen molar-refractivity contribution >= 4 is 17.1 Å². The molecule has 1 aromatic rings. The molecule has 0 amide bonds. The van der Waals surface area contributed by atoms with E-state index in [1.54, 1.807) is 12.3 Å². The molecular formula is C10H10N2O3S. The van der Waals surface area contributed by atoms with Crippen LogP contribution in [0.3, 0.4) is 0 Å². The van der Waals surface area contributed by atoms with Crippen molar-refractivity contribution in [3.63, 3.8) is 0 Å². The molecule has 1 aromatic heterocycles. The van der Waals surface area contributed by atoms with Crippen molar-refractivity contribution in [1.82, 2.24) is 4.98 Å². The van der Waals surface area contributed by atoms with Crippen LogP contribution in [-0.2, 0) is 15.3 Å². The highest BCUT2D eigenvalue weighted by atomic mass is 32.1. The zero-order valence-corrected chi connectivity index (χ0v) is 9.54. The van der Waals surface area contributed by atoms with Gasteiger partial charge in [0.25, 0.3) is 0 Å². The van der Waals surface area contributed by atoms with E-state index in [0.717, 1.165) is 0 Å². The molecule has 0 spiro atoms. The van der Waals surface area contributed by atoms with Crippen LogP contribution in [-0.4, -0.2) is 24.0 Å². The molecular weight excluding hydrogens is 228 g/mol. The van der Waals surface area contributed by atoms with Crippen LogP contribution in [0, 0.1) is 11.3 Å². The number of aromatic nitrogens is 1. The second kappa shape index (κ2) is 4.29. The second-order valence-corrected chi connectivity index (χ2v) is 4.30. The maximum Gasteiger partial charge on any atom is 0.210 e. The van der Waals surface area contributed by atoms with Crippen molar-refractivity contribution in [2.24, 2.45) is 0 Å². The molecule has 1 saturated heterocycles. The summed E-state index contributed by atoms with van der Waals surface area (Å²) in [4.78, 5) is 15.6. The molecule has 0 aromatic carbocycles. The standard InChI is InChI=1S/C10H10N2O3S/c1-10(14-4-5-15-10)8-6-16-9(12-8)7(13)2-3-11/h6H,2,4-5H2,1H3. The average Bonchev–Trinajstić information content (AvgIpc) is 2.86. The van der Waals surface area contributed by atoms with Crippen LogP contribution in [0.15, 0.2) is 5.38 Å². The minimum absolute atomic E-state index is 0.147. The van der Waals surface area contributed by atoms with Gasteiger partial charge in [0.1, 0.15) is 12.1 Å². The molecule has 0 N–H and O–H groups in total. The van der Waals surface area contributed by atoms with Gasteiger partial charge >= 0.3 is 0 Å². The van der Waals surface area contributed by atoms with E-state index >= 15 is 0 Å². The Morgan fingerprint density at radius 3 is 3.00 bits per heavy atom. The van der Waals surface area contributed by atoms with Crippen LogP contribution in [0.25, 0.3) is 0 Å². The van der Waals surface area contributed by atoms with Crippen molar-refractivity contribution in [1.29, 1.82) is 5.26 Å². The highest BCUT2D eigenvalue weighted by molar-refractivity contribution is 7.11. The Kier molecular flexibility index (Phi) is 3.01. The van der Waals surface area contributed by atoms with E-state index in [-0.39, 0.29) is 12.2 Å². The molecule has 0 radical (unpaired) electrons. The number of carbonyl (C=O) groups excluding carboxylic acids is 1. The Morgan fingerprint density at radius 1 is 1.69 bits per heavy atom. The van der Waals surface area contributed by atoms with Gasteiger partial charge in [-0.3, -0.25) is 4.79 Å². The predicted octanol–water partition coefficient (Wildman–Crippen LogP) is 1.46. The molecule has 0 atom stereocenters. The van der Waals surface area contributed by atoms with E-state index < -0.39 is 5.79 Å². The third-order valence-corrected chi connectivity index (χ3v) is 3.17. The summed E-state index contributed by atoms with van der Waals surface area (Å²) in [5.74, 6) is -1.11. The zero-order chi connectivity index (χ0) is 11.6. The molecule has 6 heteroatoms. The van der Waals surface area contributed by atoms with E-state index in [2.05, 4.69) is 4.98 Å². The van der Waals surface area contributed by atoms with E-state index in [4.69, 9.17) is 14.7 Å². The second-order valence-electron chi connectivity index (χ2n) is 3.44. The topological polar surface area (TPSA) is 72.2 Å². The first kappa shape index (κ1) is 11.2. The monoisotopic (exact) mass is 238 g/mol. The van der Waals surface area contributed by atoms with Gasteiger partial charge in [-0.15, -0.1) is 11.3 Å². The molecule has 2 rings (SSSR count).